The van der Waals surface area contributed by atoms with Crippen LogP contribution in [0.1, 0.15) is 29.5 Å². The summed E-state index contributed by atoms with van der Waals surface area (Å²) in [5.41, 5.74) is 3.93. The van der Waals surface area contributed by atoms with Crippen LogP contribution < -0.4 is 10.1 Å². The molecule has 0 bridgehead atoms. The van der Waals surface area contributed by atoms with Gasteiger partial charge in [-0.1, -0.05) is 17.7 Å². The first-order valence-corrected chi connectivity index (χ1v) is 8.22. The Bertz CT molecular complexity index is 546. The molecule has 3 heteroatoms. The highest BCUT2D eigenvalue weighted by Crippen LogP contribution is 2.24. The summed E-state index contributed by atoms with van der Waals surface area (Å²) in [5, 5.41) is 7.87. The Morgan fingerprint density at radius 3 is 2.95 bits per heavy atom. The van der Waals surface area contributed by atoms with Gasteiger partial charge in [0.2, 0.25) is 0 Å². The minimum absolute atomic E-state index is 0.731. The van der Waals surface area contributed by atoms with Gasteiger partial charge in [0.1, 0.15) is 5.75 Å². The van der Waals surface area contributed by atoms with Gasteiger partial charge in [-0.25, -0.2) is 0 Å². The number of rotatable bonds is 7. The second-order valence-corrected chi connectivity index (χ2v) is 6.28. The fourth-order valence-corrected chi connectivity index (χ4v) is 2.95. The van der Waals surface area contributed by atoms with E-state index in [0.717, 1.165) is 31.4 Å². The minimum Gasteiger partial charge on any atom is -0.493 e. The maximum atomic E-state index is 5.98. The average Bonchev–Trinajstić information content (AvgIpc) is 3.13. The molecule has 0 radical (unpaired) electrons. The number of thiophene rings is 1. The zero-order valence-electron chi connectivity index (χ0n) is 11.9. The zero-order valence-corrected chi connectivity index (χ0v) is 12.7. The number of benzene rings is 1. The molecule has 1 aliphatic carbocycles. The van der Waals surface area contributed by atoms with Crippen LogP contribution in [-0.2, 0) is 13.0 Å². The Morgan fingerprint density at radius 1 is 1.30 bits per heavy atom. The Hall–Kier alpha value is -1.32. The monoisotopic (exact) mass is 287 g/mol. The highest BCUT2D eigenvalue weighted by Gasteiger charge is 2.20. The van der Waals surface area contributed by atoms with Gasteiger partial charge in [-0.2, -0.15) is 11.3 Å². The number of hydrogen-bond acceptors (Lipinski definition) is 3. The molecule has 0 amide bonds. The predicted molar refractivity (Wildman–Crippen MR) is 84.6 cm³/mol. The second-order valence-electron chi connectivity index (χ2n) is 5.50. The van der Waals surface area contributed by atoms with Crippen molar-refractivity contribution in [1.29, 1.82) is 0 Å². The molecule has 0 atom stereocenters. The maximum Gasteiger partial charge on any atom is 0.123 e. The Morgan fingerprint density at radius 2 is 2.20 bits per heavy atom. The van der Waals surface area contributed by atoms with Gasteiger partial charge in [-0.3, -0.25) is 0 Å². The van der Waals surface area contributed by atoms with Crippen LogP contribution in [-0.4, -0.2) is 12.6 Å². The van der Waals surface area contributed by atoms with Crippen molar-refractivity contribution in [3.05, 3.63) is 51.7 Å². The molecule has 3 rings (SSSR count). The molecule has 0 unspecified atom stereocenters. The molecule has 1 fully saturated rings. The minimum atomic E-state index is 0.731. The lowest BCUT2D eigenvalue weighted by atomic mass is 10.1. The molecule has 2 nitrogen and oxygen atoms in total. The molecule has 1 aromatic carbocycles. The SMILES string of the molecule is Cc1ccc(OCCc2ccsc2)c(CNC2CC2)c1. The van der Waals surface area contributed by atoms with Crippen molar-refractivity contribution >= 4 is 11.3 Å². The van der Waals surface area contributed by atoms with Crippen molar-refractivity contribution in [1.82, 2.24) is 5.32 Å². The van der Waals surface area contributed by atoms with Gasteiger partial charge in [0.25, 0.3) is 0 Å². The number of hydrogen-bond donors (Lipinski definition) is 1. The van der Waals surface area contributed by atoms with Crippen molar-refractivity contribution in [3.63, 3.8) is 0 Å². The van der Waals surface area contributed by atoms with Gasteiger partial charge in [0.15, 0.2) is 0 Å². The summed E-state index contributed by atoms with van der Waals surface area (Å²) in [6.07, 6.45) is 3.62. The molecule has 20 heavy (non-hydrogen) atoms. The van der Waals surface area contributed by atoms with E-state index in [1.54, 1.807) is 11.3 Å². The number of ether oxygens (including phenoxy) is 1. The number of nitrogens with one attached hydrogen (secondary N) is 1. The van der Waals surface area contributed by atoms with E-state index in [2.05, 4.69) is 47.3 Å². The van der Waals surface area contributed by atoms with E-state index < -0.39 is 0 Å². The van der Waals surface area contributed by atoms with Crippen molar-refractivity contribution in [2.45, 2.75) is 38.8 Å². The van der Waals surface area contributed by atoms with E-state index in [1.807, 2.05) is 0 Å². The lowest BCUT2D eigenvalue weighted by Crippen LogP contribution is -2.16. The molecule has 1 aromatic heterocycles. The first kappa shape index (κ1) is 13.7. The Labute approximate surface area is 124 Å². The first-order valence-electron chi connectivity index (χ1n) is 7.28. The lowest BCUT2D eigenvalue weighted by Gasteiger charge is -2.13. The summed E-state index contributed by atoms with van der Waals surface area (Å²) in [4.78, 5) is 0. The Kier molecular flexibility index (Phi) is 4.38. The third kappa shape index (κ3) is 3.84. The van der Waals surface area contributed by atoms with Gasteiger partial charge < -0.3 is 10.1 Å². The lowest BCUT2D eigenvalue weighted by molar-refractivity contribution is 0.317. The molecular formula is C17H21NOS. The highest BCUT2D eigenvalue weighted by molar-refractivity contribution is 7.07. The zero-order chi connectivity index (χ0) is 13.8. The molecule has 1 heterocycles. The van der Waals surface area contributed by atoms with Crippen LogP contribution in [0, 0.1) is 6.92 Å². The first-order chi connectivity index (χ1) is 9.81. The summed E-state index contributed by atoms with van der Waals surface area (Å²) in [7, 11) is 0. The van der Waals surface area contributed by atoms with E-state index >= 15 is 0 Å². The van der Waals surface area contributed by atoms with Crippen molar-refractivity contribution in [3.8, 4) is 5.75 Å². The number of aryl methyl sites for hydroxylation is 1. The van der Waals surface area contributed by atoms with E-state index in [1.165, 1.54) is 29.5 Å². The van der Waals surface area contributed by atoms with Crippen molar-refractivity contribution in [2.24, 2.45) is 0 Å². The van der Waals surface area contributed by atoms with Crippen LogP contribution in [0.25, 0.3) is 0 Å². The molecule has 1 N–H and O–H groups in total. The standard InChI is InChI=1S/C17H21NOS/c1-13-2-5-17(15(10-13)11-18-16-3-4-16)19-8-6-14-7-9-20-12-14/h2,5,7,9-10,12,16,18H,3-4,6,8,11H2,1H3. The molecule has 0 aliphatic heterocycles. The smallest absolute Gasteiger partial charge is 0.123 e. The van der Waals surface area contributed by atoms with Gasteiger partial charge in [0.05, 0.1) is 6.61 Å². The van der Waals surface area contributed by atoms with Gasteiger partial charge in [0, 0.05) is 24.6 Å². The van der Waals surface area contributed by atoms with E-state index in [9.17, 15) is 0 Å². The Balaban J connectivity index is 1.58. The fourth-order valence-electron chi connectivity index (χ4n) is 2.24. The van der Waals surface area contributed by atoms with Crippen LogP contribution in [0.2, 0.25) is 0 Å². The van der Waals surface area contributed by atoms with Gasteiger partial charge in [-0.15, -0.1) is 0 Å². The summed E-state index contributed by atoms with van der Waals surface area (Å²) < 4.78 is 5.98. The molecule has 1 saturated carbocycles. The van der Waals surface area contributed by atoms with Crippen LogP contribution in [0.15, 0.2) is 35.0 Å². The molecule has 106 valence electrons. The van der Waals surface area contributed by atoms with Crippen molar-refractivity contribution in [2.75, 3.05) is 6.61 Å². The largest absolute Gasteiger partial charge is 0.493 e. The molecule has 0 saturated heterocycles. The quantitative estimate of drug-likeness (QED) is 0.833. The van der Waals surface area contributed by atoms with E-state index in [-0.39, 0.29) is 0 Å². The van der Waals surface area contributed by atoms with Gasteiger partial charge in [-0.05, 0) is 48.2 Å². The van der Waals surface area contributed by atoms with Crippen LogP contribution >= 0.6 is 11.3 Å². The predicted octanol–water partition coefficient (Wildman–Crippen LogP) is 3.93. The summed E-state index contributed by atoms with van der Waals surface area (Å²) >= 11 is 1.74. The molecule has 1 aliphatic rings. The van der Waals surface area contributed by atoms with Crippen LogP contribution in [0.5, 0.6) is 5.75 Å². The highest BCUT2D eigenvalue weighted by atomic mass is 32.1. The molecule has 2 aromatic rings. The molecular weight excluding hydrogens is 266 g/mol. The summed E-state index contributed by atoms with van der Waals surface area (Å²) in [6, 6.07) is 9.36. The third-order valence-electron chi connectivity index (χ3n) is 3.60. The van der Waals surface area contributed by atoms with Crippen LogP contribution in [0.3, 0.4) is 0 Å². The van der Waals surface area contributed by atoms with Crippen LogP contribution in [0.4, 0.5) is 0 Å². The topological polar surface area (TPSA) is 21.3 Å². The summed E-state index contributed by atoms with van der Waals surface area (Å²) in [6.45, 7) is 3.80. The average molecular weight is 287 g/mol. The van der Waals surface area contributed by atoms with E-state index in [0.29, 0.717) is 0 Å². The second kappa shape index (κ2) is 6.42. The third-order valence-corrected chi connectivity index (χ3v) is 4.33. The summed E-state index contributed by atoms with van der Waals surface area (Å²) in [5.74, 6) is 1.03. The van der Waals surface area contributed by atoms with Crippen molar-refractivity contribution < 1.29 is 4.74 Å². The fraction of sp³-hybridized carbons (Fsp3) is 0.412. The normalized spacial score (nSPS) is 14.4. The molecule has 0 spiro atoms. The van der Waals surface area contributed by atoms with Gasteiger partial charge >= 0.3 is 0 Å². The maximum absolute atomic E-state index is 5.98. The van der Waals surface area contributed by atoms with E-state index in [4.69, 9.17) is 4.74 Å².